The van der Waals surface area contributed by atoms with Crippen LogP contribution in [0.1, 0.15) is 54.7 Å². The third-order valence-electron chi connectivity index (χ3n) is 7.42. The quantitative estimate of drug-likeness (QED) is 0.420. The molecule has 0 radical (unpaired) electrons. The maximum Gasteiger partial charge on any atom is 0.223 e. The summed E-state index contributed by atoms with van der Waals surface area (Å²) in [6, 6.07) is 23.4. The molecule has 5 nitrogen and oxygen atoms in total. The highest BCUT2D eigenvalue weighted by Crippen LogP contribution is 2.44. The van der Waals surface area contributed by atoms with Crippen molar-refractivity contribution >= 4 is 5.91 Å². The Bertz CT molecular complexity index is 1140. The van der Waals surface area contributed by atoms with Gasteiger partial charge in [0.1, 0.15) is 5.75 Å². The number of carbonyl (C=O) groups excluding carboxylic acids is 1. The lowest BCUT2D eigenvalue weighted by Gasteiger charge is -2.35. The third kappa shape index (κ3) is 5.29. The average Bonchev–Trinajstić information content (AvgIpc) is 3.37. The lowest BCUT2D eigenvalue weighted by molar-refractivity contribution is -0.131. The van der Waals surface area contributed by atoms with Gasteiger partial charge in [-0.2, -0.15) is 0 Å². The molecule has 35 heavy (non-hydrogen) atoms. The molecule has 0 spiro atoms. The molecule has 0 bridgehead atoms. The molecule has 1 aliphatic carbocycles. The normalized spacial score (nSPS) is 15.4. The van der Waals surface area contributed by atoms with E-state index in [1.165, 1.54) is 5.56 Å². The number of phenolic OH excluding ortho intramolecular Hbond substituents is 1. The van der Waals surface area contributed by atoms with E-state index in [0.717, 1.165) is 36.8 Å². The van der Waals surface area contributed by atoms with Crippen LogP contribution in [0.2, 0.25) is 0 Å². The highest BCUT2D eigenvalue weighted by Gasteiger charge is 2.38. The summed E-state index contributed by atoms with van der Waals surface area (Å²) in [6.07, 6.45) is 4.63. The van der Waals surface area contributed by atoms with Gasteiger partial charge in [-0.3, -0.25) is 4.79 Å². The first-order chi connectivity index (χ1) is 17.0. The van der Waals surface area contributed by atoms with Gasteiger partial charge < -0.3 is 19.5 Å². The minimum absolute atomic E-state index is 0.0638. The highest BCUT2D eigenvalue weighted by atomic mass is 16.5. The molecule has 0 aromatic heterocycles. The summed E-state index contributed by atoms with van der Waals surface area (Å²) >= 11 is 0. The van der Waals surface area contributed by atoms with Gasteiger partial charge in [0.15, 0.2) is 11.5 Å². The summed E-state index contributed by atoms with van der Waals surface area (Å²) in [5, 5.41) is 10.6. The van der Waals surface area contributed by atoms with Crippen LogP contribution in [0.25, 0.3) is 0 Å². The van der Waals surface area contributed by atoms with E-state index in [4.69, 9.17) is 9.47 Å². The van der Waals surface area contributed by atoms with Crippen LogP contribution in [0, 0.1) is 0 Å². The standard InChI is InChI=1S/C30H35NO4/c1-31(21-30(17-9-10-18-30)23-15-16-27(34-2)28(19-23)35-3)29(33)20-25(22-11-5-4-6-12-22)24-13-7-8-14-26(24)32/h4-8,11-16,19,25,32H,9-10,17-18,20-21H2,1-3H3/t25-/m0/s1. The summed E-state index contributed by atoms with van der Waals surface area (Å²) in [6.45, 7) is 0.642. The van der Waals surface area contributed by atoms with Gasteiger partial charge in [0, 0.05) is 36.9 Å². The average molecular weight is 474 g/mol. The molecule has 1 atom stereocenters. The van der Waals surface area contributed by atoms with Crippen LogP contribution in [0.3, 0.4) is 0 Å². The molecule has 0 aliphatic heterocycles. The first-order valence-electron chi connectivity index (χ1n) is 12.3. The molecule has 0 saturated heterocycles. The zero-order valence-corrected chi connectivity index (χ0v) is 20.9. The summed E-state index contributed by atoms with van der Waals surface area (Å²) in [4.78, 5) is 15.5. The molecule has 0 unspecified atom stereocenters. The number of para-hydroxylation sites is 1. The van der Waals surface area contributed by atoms with Crippen LogP contribution in [0.5, 0.6) is 17.2 Å². The molecule has 3 aromatic rings. The zero-order chi connectivity index (χ0) is 24.8. The number of amides is 1. The lowest BCUT2D eigenvalue weighted by Crippen LogP contribution is -2.40. The van der Waals surface area contributed by atoms with Crippen molar-refractivity contribution in [3.05, 3.63) is 89.5 Å². The molecule has 1 fully saturated rings. The summed E-state index contributed by atoms with van der Waals surface area (Å²) in [5.74, 6) is 1.49. The molecule has 1 aliphatic rings. The van der Waals surface area contributed by atoms with E-state index in [9.17, 15) is 9.90 Å². The smallest absolute Gasteiger partial charge is 0.223 e. The van der Waals surface area contributed by atoms with Gasteiger partial charge in [0.25, 0.3) is 0 Å². The molecule has 1 amide bonds. The van der Waals surface area contributed by atoms with E-state index in [2.05, 4.69) is 12.1 Å². The van der Waals surface area contributed by atoms with Crippen LogP contribution in [0.4, 0.5) is 0 Å². The number of likely N-dealkylation sites (N-methyl/N-ethyl adjacent to an activating group) is 1. The molecule has 5 heteroatoms. The second kappa shape index (κ2) is 10.9. The molecule has 184 valence electrons. The van der Waals surface area contributed by atoms with E-state index in [1.54, 1.807) is 20.3 Å². The van der Waals surface area contributed by atoms with Crippen LogP contribution < -0.4 is 9.47 Å². The number of carbonyl (C=O) groups is 1. The molecule has 3 aromatic carbocycles. The molecule has 0 heterocycles. The van der Waals surface area contributed by atoms with Crippen molar-refractivity contribution in [2.24, 2.45) is 0 Å². The van der Waals surface area contributed by atoms with Crippen molar-refractivity contribution in [3.8, 4) is 17.2 Å². The van der Waals surface area contributed by atoms with Crippen molar-refractivity contribution in [1.29, 1.82) is 0 Å². The van der Waals surface area contributed by atoms with Crippen LogP contribution >= 0.6 is 0 Å². The Balaban J connectivity index is 1.58. The number of phenols is 1. The predicted molar refractivity (Wildman–Crippen MR) is 138 cm³/mol. The largest absolute Gasteiger partial charge is 0.508 e. The third-order valence-corrected chi connectivity index (χ3v) is 7.42. The number of hydrogen-bond acceptors (Lipinski definition) is 4. The first kappa shape index (κ1) is 24.6. The van der Waals surface area contributed by atoms with Crippen LogP contribution in [0.15, 0.2) is 72.8 Å². The Morgan fingerprint density at radius 2 is 1.60 bits per heavy atom. The molecular weight excluding hydrogens is 438 g/mol. The van der Waals surface area contributed by atoms with Gasteiger partial charge in [0.05, 0.1) is 14.2 Å². The van der Waals surface area contributed by atoms with Crippen molar-refractivity contribution in [3.63, 3.8) is 0 Å². The second-order valence-electron chi connectivity index (χ2n) is 9.53. The Hall–Kier alpha value is -3.47. The number of aromatic hydroxyl groups is 1. The highest BCUT2D eigenvalue weighted by molar-refractivity contribution is 5.78. The Kier molecular flexibility index (Phi) is 7.64. The topological polar surface area (TPSA) is 59.0 Å². The number of benzene rings is 3. The fourth-order valence-electron chi connectivity index (χ4n) is 5.50. The van der Waals surface area contributed by atoms with Crippen molar-refractivity contribution in [2.45, 2.75) is 43.4 Å². The zero-order valence-electron chi connectivity index (χ0n) is 20.9. The Morgan fingerprint density at radius 3 is 2.26 bits per heavy atom. The van der Waals surface area contributed by atoms with Crippen LogP contribution in [-0.2, 0) is 10.2 Å². The fourth-order valence-corrected chi connectivity index (χ4v) is 5.50. The number of rotatable bonds is 9. The number of ether oxygens (including phenoxy) is 2. The number of hydrogen-bond donors (Lipinski definition) is 1. The van der Waals surface area contributed by atoms with Gasteiger partial charge in [-0.05, 0) is 42.2 Å². The number of nitrogens with zero attached hydrogens (tertiary/aromatic N) is 1. The summed E-state index contributed by atoms with van der Waals surface area (Å²) in [5.41, 5.74) is 2.87. The lowest BCUT2D eigenvalue weighted by atomic mass is 9.78. The van der Waals surface area contributed by atoms with Crippen LogP contribution in [-0.4, -0.2) is 43.7 Å². The van der Waals surface area contributed by atoms with E-state index in [-0.39, 0.29) is 23.0 Å². The number of methoxy groups -OCH3 is 2. The second-order valence-corrected chi connectivity index (χ2v) is 9.53. The SMILES string of the molecule is COc1ccc(C2(CN(C)C(=O)C[C@@H](c3ccccc3)c3ccccc3O)CCCC2)cc1OC. The van der Waals surface area contributed by atoms with E-state index < -0.39 is 0 Å². The molecule has 1 N–H and O–H groups in total. The minimum Gasteiger partial charge on any atom is -0.508 e. The van der Waals surface area contributed by atoms with Crippen molar-refractivity contribution < 1.29 is 19.4 Å². The molecule has 1 saturated carbocycles. The maximum atomic E-state index is 13.6. The van der Waals surface area contributed by atoms with E-state index in [0.29, 0.717) is 24.5 Å². The Morgan fingerprint density at radius 1 is 0.943 bits per heavy atom. The minimum atomic E-state index is -0.215. The summed E-state index contributed by atoms with van der Waals surface area (Å²) in [7, 11) is 5.19. The fraction of sp³-hybridized carbons (Fsp3) is 0.367. The van der Waals surface area contributed by atoms with Gasteiger partial charge in [-0.15, -0.1) is 0 Å². The van der Waals surface area contributed by atoms with Gasteiger partial charge in [-0.25, -0.2) is 0 Å². The Labute approximate surface area is 208 Å². The van der Waals surface area contributed by atoms with E-state index in [1.807, 2.05) is 66.5 Å². The van der Waals surface area contributed by atoms with E-state index >= 15 is 0 Å². The summed E-state index contributed by atoms with van der Waals surface area (Å²) < 4.78 is 11.0. The molecule has 4 rings (SSSR count). The predicted octanol–water partition coefficient (Wildman–Crippen LogP) is 5.90. The maximum absolute atomic E-state index is 13.6. The van der Waals surface area contributed by atoms with Gasteiger partial charge >= 0.3 is 0 Å². The van der Waals surface area contributed by atoms with Crippen molar-refractivity contribution in [2.75, 3.05) is 27.8 Å². The van der Waals surface area contributed by atoms with Crippen molar-refractivity contribution in [1.82, 2.24) is 4.90 Å². The monoisotopic (exact) mass is 473 g/mol. The van der Waals surface area contributed by atoms with Gasteiger partial charge in [0.2, 0.25) is 5.91 Å². The molecular formula is C30H35NO4. The van der Waals surface area contributed by atoms with Gasteiger partial charge in [-0.1, -0.05) is 67.4 Å². The first-order valence-corrected chi connectivity index (χ1v) is 12.3.